The van der Waals surface area contributed by atoms with Gasteiger partial charge in [0, 0.05) is 11.5 Å². The second-order valence-electron chi connectivity index (χ2n) is 8.28. The zero-order chi connectivity index (χ0) is 20.7. The van der Waals surface area contributed by atoms with Crippen LogP contribution in [0.4, 0.5) is 0 Å². The smallest absolute Gasteiger partial charge is 0.0488 e. The predicted octanol–water partition coefficient (Wildman–Crippen LogP) is 6.70. The van der Waals surface area contributed by atoms with Gasteiger partial charge < -0.3 is 4.90 Å². The second-order valence-corrected chi connectivity index (χ2v) is 8.28. The quantitative estimate of drug-likeness (QED) is 0.294. The van der Waals surface area contributed by atoms with Crippen molar-refractivity contribution in [3.63, 3.8) is 0 Å². The molecule has 0 N–H and O–H groups in total. The van der Waals surface area contributed by atoms with Crippen molar-refractivity contribution in [3.05, 3.63) is 120 Å². The van der Waals surface area contributed by atoms with Crippen LogP contribution in [-0.4, -0.2) is 25.0 Å². The van der Waals surface area contributed by atoms with E-state index in [1.54, 1.807) is 0 Å². The molecule has 3 rings (SSSR count). The van der Waals surface area contributed by atoms with Gasteiger partial charge in [-0.1, -0.05) is 103 Å². The fraction of sp³-hybridized carbons (Fsp3) is 0.286. The molecule has 3 aromatic carbocycles. The minimum atomic E-state index is -0.234. The Morgan fingerprint density at radius 3 is 1.48 bits per heavy atom. The van der Waals surface area contributed by atoms with Crippen molar-refractivity contribution >= 4 is 0 Å². The van der Waals surface area contributed by atoms with E-state index in [4.69, 9.17) is 0 Å². The van der Waals surface area contributed by atoms with Crippen molar-refractivity contribution in [1.29, 1.82) is 0 Å². The van der Waals surface area contributed by atoms with Crippen molar-refractivity contribution in [2.75, 3.05) is 14.1 Å². The van der Waals surface area contributed by atoms with Gasteiger partial charge in [0.15, 0.2) is 0 Å². The van der Waals surface area contributed by atoms with Gasteiger partial charge in [0.25, 0.3) is 0 Å². The van der Waals surface area contributed by atoms with Crippen molar-refractivity contribution < 1.29 is 0 Å². The zero-order valence-electron chi connectivity index (χ0n) is 18.0. The van der Waals surface area contributed by atoms with E-state index >= 15 is 0 Å². The topological polar surface area (TPSA) is 3.24 Å². The van der Waals surface area contributed by atoms with E-state index in [9.17, 15) is 0 Å². The van der Waals surface area contributed by atoms with E-state index in [0.717, 1.165) is 19.3 Å². The lowest BCUT2D eigenvalue weighted by atomic mass is 9.65. The summed E-state index contributed by atoms with van der Waals surface area (Å²) >= 11 is 0. The lowest BCUT2D eigenvalue weighted by Gasteiger charge is -2.37. The fourth-order valence-corrected chi connectivity index (χ4v) is 4.11. The van der Waals surface area contributed by atoms with Crippen molar-refractivity contribution in [1.82, 2.24) is 4.90 Å². The standard InChI is InChI=1S/C28H33N/c1-23(20-21-24(2)29(3)4)22-28(25-14-8-5-9-15-25,26-16-10-6-11-17-26)27-18-12-7-13-19-27/h5-19,24H,1,20-22H2,2-4H3/t24-/m1/s1. The number of benzene rings is 3. The van der Waals surface area contributed by atoms with Crippen LogP contribution >= 0.6 is 0 Å². The highest BCUT2D eigenvalue weighted by molar-refractivity contribution is 5.51. The van der Waals surface area contributed by atoms with E-state index in [0.29, 0.717) is 6.04 Å². The summed E-state index contributed by atoms with van der Waals surface area (Å²) < 4.78 is 0. The Kier molecular flexibility index (Phi) is 7.06. The van der Waals surface area contributed by atoms with E-state index < -0.39 is 0 Å². The van der Waals surface area contributed by atoms with Crippen LogP contribution in [0.15, 0.2) is 103 Å². The Labute approximate surface area is 176 Å². The van der Waals surface area contributed by atoms with Gasteiger partial charge in [0.05, 0.1) is 0 Å². The van der Waals surface area contributed by atoms with Gasteiger partial charge in [-0.25, -0.2) is 0 Å². The molecule has 0 fully saturated rings. The fourth-order valence-electron chi connectivity index (χ4n) is 4.11. The average Bonchev–Trinajstić information content (AvgIpc) is 2.77. The van der Waals surface area contributed by atoms with Crippen molar-refractivity contribution in [2.45, 2.75) is 37.6 Å². The first-order valence-corrected chi connectivity index (χ1v) is 10.5. The van der Waals surface area contributed by atoms with Crippen LogP contribution in [0.2, 0.25) is 0 Å². The number of allylic oxidation sites excluding steroid dienone is 1. The number of hydrogen-bond donors (Lipinski definition) is 0. The van der Waals surface area contributed by atoms with E-state index in [-0.39, 0.29) is 5.41 Å². The summed E-state index contributed by atoms with van der Waals surface area (Å²) in [6, 6.07) is 33.3. The summed E-state index contributed by atoms with van der Waals surface area (Å²) in [5.74, 6) is 0. The minimum absolute atomic E-state index is 0.234. The maximum Gasteiger partial charge on any atom is 0.0488 e. The molecule has 0 saturated heterocycles. The van der Waals surface area contributed by atoms with E-state index in [1.807, 2.05) is 0 Å². The summed E-state index contributed by atoms with van der Waals surface area (Å²) in [6.07, 6.45) is 3.07. The summed E-state index contributed by atoms with van der Waals surface area (Å²) in [5, 5.41) is 0. The molecule has 1 nitrogen and oxygen atoms in total. The highest BCUT2D eigenvalue weighted by Gasteiger charge is 2.36. The summed E-state index contributed by atoms with van der Waals surface area (Å²) in [5.41, 5.74) is 5.02. The largest absolute Gasteiger partial charge is 0.307 e. The van der Waals surface area contributed by atoms with Crippen molar-refractivity contribution in [3.8, 4) is 0 Å². The van der Waals surface area contributed by atoms with Crippen LogP contribution in [0.5, 0.6) is 0 Å². The molecule has 29 heavy (non-hydrogen) atoms. The maximum absolute atomic E-state index is 4.53. The Bertz CT molecular complexity index is 785. The zero-order valence-corrected chi connectivity index (χ0v) is 18.0. The first-order chi connectivity index (χ1) is 14.0. The van der Waals surface area contributed by atoms with Crippen LogP contribution in [0.1, 0.15) is 42.9 Å². The molecule has 0 aliphatic carbocycles. The molecule has 1 heteroatoms. The van der Waals surface area contributed by atoms with Crippen LogP contribution in [0.25, 0.3) is 0 Å². The molecule has 0 radical (unpaired) electrons. The molecular weight excluding hydrogens is 350 g/mol. The third-order valence-electron chi connectivity index (χ3n) is 6.11. The van der Waals surface area contributed by atoms with Gasteiger partial charge in [-0.15, -0.1) is 0 Å². The van der Waals surface area contributed by atoms with Crippen LogP contribution in [-0.2, 0) is 5.41 Å². The summed E-state index contributed by atoms with van der Waals surface area (Å²) in [6.45, 7) is 6.81. The number of rotatable bonds is 9. The Hall–Kier alpha value is -2.64. The monoisotopic (exact) mass is 383 g/mol. The Morgan fingerprint density at radius 1 is 0.759 bits per heavy atom. The molecule has 0 heterocycles. The first-order valence-electron chi connectivity index (χ1n) is 10.5. The minimum Gasteiger partial charge on any atom is -0.307 e. The average molecular weight is 384 g/mol. The lowest BCUT2D eigenvalue weighted by molar-refractivity contribution is 0.297. The molecule has 0 aromatic heterocycles. The normalized spacial score (nSPS) is 12.7. The molecule has 0 saturated carbocycles. The van der Waals surface area contributed by atoms with Gasteiger partial charge >= 0.3 is 0 Å². The predicted molar refractivity (Wildman–Crippen MR) is 125 cm³/mol. The summed E-state index contributed by atoms with van der Waals surface area (Å²) in [4.78, 5) is 2.28. The molecule has 0 aliphatic rings. The van der Waals surface area contributed by atoms with Crippen LogP contribution in [0.3, 0.4) is 0 Å². The molecule has 0 spiro atoms. The molecule has 0 aliphatic heterocycles. The molecule has 0 unspecified atom stereocenters. The van der Waals surface area contributed by atoms with Gasteiger partial charge in [-0.2, -0.15) is 0 Å². The first kappa shape index (κ1) is 21.1. The van der Waals surface area contributed by atoms with E-state index in [1.165, 1.54) is 22.3 Å². The van der Waals surface area contributed by atoms with Crippen LogP contribution in [0, 0.1) is 0 Å². The Morgan fingerprint density at radius 2 is 1.14 bits per heavy atom. The third kappa shape index (κ3) is 4.86. The SMILES string of the molecule is C=C(CC[C@@H](C)N(C)C)CC(c1ccccc1)(c1ccccc1)c1ccccc1. The molecule has 1 atom stereocenters. The second kappa shape index (κ2) is 9.71. The maximum atomic E-state index is 4.53. The molecular formula is C28H33N. The van der Waals surface area contributed by atoms with Gasteiger partial charge in [-0.3, -0.25) is 0 Å². The van der Waals surface area contributed by atoms with Gasteiger partial charge in [-0.05, 0) is 57.0 Å². The molecule has 150 valence electrons. The molecule has 3 aromatic rings. The number of hydrogen-bond acceptors (Lipinski definition) is 1. The number of nitrogens with zero attached hydrogens (tertiary/aromatic N) is 1. The highest BCUT2D eigenvalue weighted by Crippen LogP contribution is 2.44. The van der Waals surface area contributed by atoms with Gasteiger partial charge in [0.2, 0.25) is 0 Å². The molecule has 0 bridgehead atoms. The van der Waals surface area contributed by atoms with Crippen molar-refractivity contribution in [2.24, 2.45) is 0 Å². The molecule has 0 amide bonds. The lowest BCUT2D eigenvalue weighted by Crippen LogP contribution is -2.30. The Balaban J connectivity index is 2.07. The van der Waals surface area contributed by atoms with E-state index in [2.05, 4.69) is 123 Å². The van der Waals surface area contributed by atoms with Crippen LogP contribution < -0.4 is 0 Å². The highest BCUT2D eigenvalue weighted by atomic mass is 15.1. The van der Waals surface area contributed by atoms with Gasteiger partial charge in [0.1, 0.15) is 0 Å². The summed E-state index contributed by atoms with van der Waals surface area (Å²) in [7, 11) is 4.30. The third-order valence-corrected chi connectivity index (χ3v) is 6.11.